The van der Waals surface area contributed by atoms with E-state index in [0.29, 0.717) is 33.7 Å². The second kappa shape index (κ2) is 9.90. The van der Waals surface area contributed by atoms with Gasteiger partial charge in [-0.3, -0.25) is 9.98 Å². The van der Waals surface area contributed by atoms with Crippen LogP contribution in [-0.2, 0) is 0 Å². The molecule has 0 saturated carbocycles. The Morgan fingerprint density at radius 3 is 2.80 bits per heavy atom. The summed E-state index contributed by atoms with van der Waals surface area (Å²) in [5.74, 6) is 0.292. The molecule has 3 aromatic heterocycles. The molecule has 0 amide bonds. The first-order chi connectivity index (χ1) is 17.0. The summed E-state index contributed by atoms with van der Waals surface area (Å²) >= 11 is 6.14. The highest BCUT2D eigenvalue weighted by Gasteiger charge is 2.18. The van der Waals surface area contributed by atoms with Gasteiger partial charge in [0.2, 0.25) is 5.88 Å². The fraction of sp³-hybridized carbons (Fsp3) is 0.304. The zero-order valence-corrected chi connectivity index (χ0v) is 19.5. The Hall–Kier alpha value is -3.67. The average molecular weight is 497 g/mol. The maximum Gasteiger partial charge on any atom is 0.326 e. The number of halogens is 1. The lowest BCUT2D eigenvalue weighted by Gasteiger charge is -2.29. The number of benzene rings is 1. The first-order valence-electron chi connectivity index (χ1n) is 11.3. The lowest BCUT2D eigenvalue weighted by atomic mass is 10.1. The van der Waals surface area contributed by atoms with Gasteiger partial charge < -0.3 is 25.4 Å². The summed E-state index contributed by atoms with van der Waals surface area (Å²) < 4.78 is 1.65. The van der Waals surface area contributed by atoms with Crippen LogP contribution in [0.3, 0.4) is 0 Å². The third-order valence-corrected chi connectivity index (χ3v) is 6.14. The number of anilines is 2. The van der Waals surface area contributed by atoms with Crippen LogP contribution in [0.2, 0.25) is 5.02 Å². The number of nitrogens with zero attached hydrogens (tertiary/aromatic N) is 5. The first-order valence-corrected chi connectivity index (χ1v) is 11.7. The van der Waals surface area contributed by atoms with Crippen molar-refractivity contribution < 1.29 is 10.2 Å². The number of rotatable bonds is 6. The number of aliphatic hydroxyl groups is 1. The number of piperidine rings is 1. The largest absolute Gasteiger partial charge is 0.493 e. The lowest BCUT2D eigenvalue weighted by molar-refractivity contribution is 0.164. The van der Waals surface area contributed by atoms with Gasteiger partial charge in [-0.1, -0.05) is 17.7 Å². The number of imidazole rings is 1. The Labute approximate surface area is 204 Å². The molecule has 4 heterocycles. The van der Waals surface area contributed by atoms with Gasteiger partial charge in [0.05, 0.1) is 18.8 Å². The van der Waals surface area contributed by atoms with Crippen molar-refractivity contribution in [3.8, 4) is 5.88 Å². The summed E-state index contributed by atoms with van der Waals surface area (Å²) in [6, 6.07) is 9.26. The molecule has 0 radical (unpaired) electrons. The summed E-state index contributed by atoms with van der Waals surface area (Å²) in [5, 5.41) is 28.1. The number of fused-ring (bicyclic) bond motifs is 1. The van der Waals surface area contributed by atoms with E-state index in [-0.39, 0.29) is 24.2 Å². The molecule has 35 heavy (non-hydrogen) atoms. The molecule has 0 aliphatic carbocycles. The van der Waals surface area contributed by atoms with Crippen molar-refractivity contribution in [2.75, 3.05) is 31.6 Å². The van der Waals surface area contributed by atoms with Crippen LogP contribution in [0.5, 0.6) is 5.88 Å². The Kier molecular flexibility index (Phi) is 6.53. The average Bonchev–Trinajstić information content (AvgIpc) is 3.37. The van der Waals surface area contributed by atoms with E-state index in [1.165, 1.54) is 0 Å². The van der Waals surface area contributed by atoms with Gasteiger partial charge in [0.15, 0.2) is 11.1 Å². The second-order valence-electron chi connectivity index (χ2n) is 8.38. The number of likely N-dealkylation sites (tertiary alicyclic amines) is 1. The van der Waals surface area contributed by atoms with Crippen LogP contribution >= 0.6 is 11.6 Å². The molecule has 0 spiro atoms. The first kappa shape index (κ1) is 23.1. The van der Waals surface area contributed by atoms with Gasteiger partial charge >= 0.3 is 5.69 Å². The smallest absolute Gasteiger partial charge is 0.326 e. The summed E-state index contributed by atoms with van der Waals surface area (Å²) in [4.78, 5) is 28.3. The van der Waals surface area contributed by atoms with Gasteiger partial charge in [-0.15, -0.1) is 0 Å². The number of aromatic hydroxyl groups is 1. The second-order valence-corrected chi connectivity index (χ2v) is 8.82. The van der Waals surface area contributed by atoms with Crippen molar-refractivity contribution in [1.29, 1.82) is 0 Å². The third-order valence-electron chi connectivity index (χ3n) is 5.90. The SMILES string of the molecule is O=c1[nH]c(O)c(C=c2cnn3c(=NC4CCN(CCO)CC4)cc(Nc4cccc(Cl)c4)nc23)[nH]1. The van der Waals surface area contributed by atoms with Crippen molar-refractivity contribution in [2.24, 2.45) is 4.99 Å². The van der Waals surface area contributed by atoms with E-state index >= 15 is 0 Å². The minimum Gasteiger partial charge on any atom is -0.493 e. The number of β-amino-alcohol motifs (C(OH)–C–C–N with tert-alkyl or cyclic N) is 1. The van der Waals surface area contributed by atoms with Crippen molar-refractivity contribution in [1.82, 2.24) is 29.5 Å². The molecule has 11 nitrogen and oxygen atoms in total. The molecule has 1 aliphatic heterocycles. The maximum absolute atomic E-state index is 11.5. The molecular formula is C23H25ClN8O3. The van der Waals surface area contributed by atoms with E-state index in [9.17, 15) is 15.0 Å². The van der Waals surface area contributed by atoms with Gasteiger partial charge in [-0.05, 0) is 37.1 Å². The van der Waals surface area contributed by atoms with Crippen LogP contribution in [0.1, 0.15) is 18.5 Å². The number of H-pyrrole nitrogens is 2. The van der Waals surface area contributed by atoms with Crippen LogP contribution < -0.4 is 21.7 Å². The molecule has 5 N–H and O–H groups in total. The van der Waals surface area contributed by atoms with Gasteiger partial charge in [0.1, 0.15) is 11.5 Å². The quantitative estimate of drug-likeness (QED) is 0.264. The molecule has 1 fully saturated rings. The van der Waals surface area contributed by atoms with Gasteiger partial charge in [-0.25, -0.2) is 9.78 Å². The molecule has 0 bridgehead atoms. The molecule has 4 aromatic rings. The number of hydrogen-bond acceptors (Lipinski definition) is 8. The molecular weight excluding hydrogens is 472 g/mol. The summed E-state index contributed by atoms with van der Waals surface area (Å²) in [6.07, 6.45) is 4.96. The molecule has 0 atom stereocenters. The Balaban J connectivity index is 1.59. The standard InChI is InChI=1S/C23H25ClN8O3/c24-15-2-1-3-17(11-15)26-19-12-20(27-16-4-6-31(7-5-16)8-9-33)32-21(29-19)14(13-25-32)10-18-22(34)30-23(35)28-18/h1-3,10-13,16,26,33-34H,4-9H2,(H2,28,30,35). The van der Waals surface area contributed by atoms with Crippen LogP contribution in [-0.4, -0.2) is 72.0 Å². The highest BCUT2D eigenvalue weighted by molar-refractivity contribution is 6.30. The van der Waals surface area contributed by atoms with E-state index in [0.717, 1.165) is 31.6 Å². The predicted octanol–water partition coefficient (Wildman–Crippen LogP) is 0.753. The predicted molar refractivity (Wildman–Crippen MR) is 132 cm³/mol. The minimum atomic E-state index is -0.510. The molecule has 1 aliphatic rings. The normalized spacial score (nSPS) is 16.4. The number of nitrogens with one attached hydrogen (secondary N) is 3. The molecule has 0 unspecified atom stereocenters. The maximum atomic E-state index is 11.5. The van der Waals surface area contributed by atoms with Gasteiger partial charge in [-0.2, -0.15) is 9.61 Å². The summed E-state index contributed by atoms with van der Waals surface area (Å²) in [5.41, 5.74) is 1.64. The van der Waals surface area contributed by atoms with Crippen LogP contribution in [0.25, 0.3) is 11.7 Å². The fourth-order valence-corrected chi connectivity index (χ4v) is 4.37. The Bertz CT molecular complexity index is 1520. The Morgan fingerprint density at radius 2 is 2.09 bits per heavy atom. The number of hydrogen-bond donors (Lipinski definition) is 5. The van der Waals surface area contributed by atoms with E-state index < -0.39 is 5.69 Å². The van der Waals surface area contributed by atoms with Crippen LogP contribution in [0, 0.1) is 0 Å². The Morgan fingerprint density at radius 1 is 1.26 bits per heavy atom. The molecule has 12 heteroatoms. The molecule has 182 valence electrons. The molecule has 5 rings (SSSR count). The topological polar surface area (TPSA) is 147 Å². The van der Waals surface area contributed by atoms with E-state index in [2.05, 4.69) is 25.3 Å². The van der Waals surface area contributed by atoms with Crippen molar-refractivity contribution in [2.45, 2.75) is 18.9 Å². The lowest BCUT2D eigenvalue weighted by Crippen LogP contribution is -2.38. The van der Waals surface area contributed by atoms with Crippen molar-refractivity contribution >= 4 is 34.8 Å². The highest BCUT2D eigenvalue weighted by atomic mass is 35.5. The third kappa shape index (κ3) is 5.21. The van der Waals surface area contributed by atoms with Crippen molar-refractivity contribution in [3.63, 3.8) is 0 Å². The fourth-order valence-electron chi connectivity index (χ4n) is 4.18. The zero-order valence-electron chi connectivity index (χ0n) is 18.8. The minimum absolute atomic E-state index is 0.108. The van der Waals surface area contributed by atoms with Gasteiger partial charge in [0.25, 0.3) is 0 Å². The van der Waals surface area contributed by atoms with Crippen molar-refractivity contribution in [3.05, 3.63) is 68.4 Å². The highest BCUT2D eigenvalue weighted by Crippen LogP contribution is 2.19. The van der Waals surface area contributed by atoms with E-state index in [4.69, 9.17) is 21.6 Å². The monoisotopic (exact) mass is 496 g/mol. The van der Waals surface area contributed by atoms with Crippen LogP contribution in [0.15, 0.2) is 46.3 Å². The molecule has 1 saturated heterocycles. The van der Waals surface area contributed by atoms with E-state index in [1.807, 2.05) is 18.2 Å². The zero-order chi connectivity index (χ0) is 24.4. The van der Waals surface area contributed by atoms with E-state index in [1.54, 1.807) is 28.9 Å². The number of aliphatic hydroxyl groups excluding tert-OH is 1. The number of aromatic amines is 2. The number of aromatic nitrogens is 5. The molecule has 1 aromatic carbocycles. The van der Waals surface area contributed by atoms with Gasteiger partial charge in [0, 0.05) is 41.6 Å². The van der Waals surface area contributed by atoms with Crippen LogP contribution in [0.4, 0.5) is 11.5 Å². The summed E-state index contributed by atoms with van der Waals surface area (Å²) in [7, 11) is 0. The summed E-state index contributed by atoms with van der Waals surface area (Å²) in [6.45, 7) is 2.57.